The maximum absolute atomic E-state index is 12.7. The largest absolute Gasteiger partial charge is 0.368 e. The van der Waals surface area contributed by atoms with E-state index in [1.165, 1.54) is 34.9 Å². The molecule has 0 atom stereocenters. The monoisotopic (exact) mass is 435 g/mol. The number of carbonyl (C=O) groups is 1. The lowest BCUT2D eigenvalue weighted by molar-refractivity contribution is -0.388. The van der Waals surface area contributed by atoms with Crippen molar-refractivity contribution in [2.45, 2.75) is 9.79 Å². The molecule has 0 saturated carbocycles. The molecule has 0 N–H and O–H groups in total. The van der Waals surface area contributed by atoms with Gasteiger partial charge in [-0.15, -0.1) is 11.8 Å². The van der Waals surface area contributed by atoms with Gasteiger partial charge in [0.05, 0.1) is 4.92 Å². The van der Waals surface area contributed by atoms with E-state index in [0.29, 0.717) is 31.1 Å². The number of thioether (sulfide) groups is 1. The maximum atomic E-state index is 12.7. The molecule has 2 aromatic rings. The summed E-state index contributed by atoms with van der Waals surface area (Å²) in [6.07, 6.45) is 1.74. The number of nitro benzene ring substituents is 1. The number of piperazine rings is 1. The Hall–Kier alpha value is -2.59. The molecule has 0 unspecified atom stereocenters. The van der Waals surface area contributed by atoms with Crippen LogP contribution in [0.2, 0.25) is 0 Å². The van der Waals surface area contributed by atoms with E-state index in [2.05, 4.69) is 4.90 Å². The van der Waals surface area contributed by atoms with E-state index < -0.39 is 37.0 Å². The molecule has 1 saturated heterocycles. The van der Waals surface area contributed by atoms with Crippen molar-refractivity contribution in [2.75, 3.05) is 43.1 Å². The molecule has 0 aliphatic carbocycles. The normalized spacial score (nSPS) is 14.7. The van der Waals surface area contributed by atoms with Crippen molar-refractivity contribution >= 4 is 38.9 Å². The third kappa shape index (κ3) is 4.88. The minimum Gasteiger partial charge on any atom is -0.368 e. The molecule has 1 aliphatic heterocycles. The van der Waals surface area contributed by atoms with Crippen molar-refractivity contribution < 1.29 is 18.1 Å². The minimum atomic E-state index is -4.13. The van der Waals surface area contributed by atoms with Crippen molar-refractivity contribution in [3.05, 3.63) is 58.6 Å². The zero-order chi connectivity index (χ0) is 21.0. The van der Waals surface area contributed by atoms with Crippen LogP contribution in [0.4, 0.5) is 11.4 Å². The number of sulfone groups is 1. The molecule has 8 nitrogen and oxygen atoms in total. The zero-order valence-electron chi connectivity index (χ0n) is 15.9. The summed E-state index contributed by atoms with van der Waals surface area (Å²) in [4.78, 5) is 27.0. The Bertz CT molecular complexity index is 1000. The SMILES string of the molecule is CSc1ccc(S(=O)(=O)CC(=O)N2CCN(c3ccccc3)CC2)c([N+](=O)[O-])c1. The third-order valence-electron chi connectivity index (χ3n) is 4.77. The molecule has 0 aromatic heterocycles. The van der Waals surface area contributed by atoms with E-state index >= 15 is 0 Å². The van der Waals surface area contributed by atoms with Crippen molar-refractivity contribution in [1.82, 2.24) is 4.90 Å². The van der Waals surface area contributed by atoms with Gasteiger partial charge < -0.3 is 9.80 Å². The Balaban J connectivity index is 1.70. The van der Waals surface area contributed by atoms with E-state index in [1.54, 1.807) is 6.26 Å². The van der Waals surface area contributed by atoms with Gasteiger partial charge in [0.1, 0.15) is 10.6 Å². The third-order valence-corrected chi connectivity index (χ3v) is 7.13. The lowest BCUT2D eigenvalue weighted by Gasteiger charge is -2.36. The summed E-state index contributed by atoms with van der Waals surface area (Å²) in [5.74, 6) is -1.32. The van der Waals surface area contributed by atoms with Crippen LogP contribution in [0.3, 0.4) is 0 Å². The summed E-state index contributed by atoms with van der Waals surface area (Å²) in [5.41, 5.74) is 0.551. The molecule has 154 valence electrons. The predicted molar refractivity (Wildman–Crippen MR) is 112 cm³/mol. The van der Waals surface area contributed by atoms with Crippen LogP contribution in [-0.2, 0) is 14.6 Å². The highest BCUT2D eigenvalue weighted by molar-refractivity contribution is 7.98. The number of para-hydroxylation sites is 1. The molecule has 0 bridgehead atoms. The number of anilines is 1. The number of hydrogen-bond acceptors (Lipinski definition) is 7. The van der Waals surface area contributed by atoms with Gasteiger partial charge in [0.25, 0.3) is 5.69 Å². The van der Waals surface area contributed by atoms with Crippen LogP contribution in [0.1, 0.15) is 0 Å². The van der Waals surface area contributed by atoms with Gasteiger partial charge in [-0.25, -0.2) is 8.42 Å². The summed E-state index contributed by atoms with van der Waals surface area (Å²) >= 11 is 1.28. The molecule has 29 heavy (non-hydrogen) atoms. The standard InChI is InChI=1S/C19H21N3O5S2/c1-28-16-7-8-18(17(13-16)22(24)25)29(26,27)14-19(23)21-11-9-20(10-12-21)15-5-3-2-4-6-15/h2-8,13H,9-12,14H2,1H3. The summed E-state index contributed by atoms with van der Waals surface area (Å²) in [7, 11) is -4.13. The van der Waals surface area contributed by atoms with E-state index in [0.717, 1.165) is 5.69 Å². The van der Waals surface area contributed by atoms with E-state index in [1.807, 2.05) is 30.3 Å². The number of hydrogen-bond donors (Lipinski definition) is 0. The Kier molecular flexibility index (Phi) is 6.43. The molecule has 0 spiro atoms. The molecular weight excluding hydrogens is 414 g/mol. The van der Waals surface area contributed by atoms with Gasteiger partial charge in [0.2, 0.25) is 5.91 Å². The maximum Gasteiger partial charge on any atom is 0.289 e. The number of nitrogens with zero attached hydrogens (tertiary/aromatic N) is 3. The van der Waals surface area contributed by atoms with Gasteiger partial charge in [-0.3, -0.25) is 14.9 Å². The molecule has 1 aliphatic rings. The summed E-state index contributed by atoms with van der Waals surface area (Å²) in [6.45, 7) is 1.99. The highest BCUT2D eigenvalue weighted by Crippen LogP contribution is 2.29. The topological polar surface area (TPSA) is 101 Å². The lowest BCUT2D eigenvalue weighted by Crippen LogP contribution is -2.50. The fourth-order valence-corrected chi connectivity index (χ4v) is 5.04. The van der Waals surface area contributed by atoms with Gasteiger partial charge in [-0.1, -0.05) is 18.2 Å². The fourth-order valence-electron chi connectivity index (χ4n) is 3.21. The van der Waals surface area contributed by atoms with E-state index in [-0.39, 0.29) is 0 Å². The first-order valence-electron chi connectivity index (χ1n) is 8.95. The van der Waals surface area contributed by atoms with Gasteiger partial charge >= 0.3 is 0 Å². The smallest absolute Gasteiger partial charge is 0.289 e. The number of amides is 1. The van der Waals surface area contributed by atoms with Crippen molar-refractivity contribution in [1.29, 1.82) is 0 Å². The highest BCUT2D eigenvalue weighted by Gasteiger charge is 2.31. The first-order chi connectivity index (χ1) is 13.8. The second-order valence-electron chi connectivity index (χ2n) is 6.55. The van der Waals surface area contributed by atoms with Crippen LogP contribution in [0.5, 0.6) is 0 Å². The molecule has 2 aromatic carbocycles. The van der Waals surface area contributed by atoms with Crippen LogP contribution >= 0.6 is 11.8 Å². The quantitative estimate of drug-likeness (QED) is 0.390. The van der Waals surface area contributed by atoms with E-state index in [9.17, 15) is 23.3 Å². The first kappa shape index (κ1) is 21.1. The van der Waals surface area contributed by atoms with E-state index in [4.69, 9.17) is 0 Å². The fraction of sp³-hybridized carbons (Fsp3) is 0.316. The highest BCUT2D eigenvalue weighted by atomic mass is 32.2. The minimum absolute atomic E-state index is 0.400. The average molecular weight is 436 g/mol. The first-order valence-corrected chi connectivity index (χ1v) is 11.8. The predicted octanol–water partition coefficient (Wildman–Crippen LogP) is 2.44. The number of rotatable bonds is 6. The van der Waals surface area contributed by atoms with Crippen LogP contribution in [0.25, 0.3) is 0 Å². The second-order valence-corrected chi connectivity index (χ2v) is 9.39. The average Bonchev–Trinajstić information content (AvgIpc) is 2.73. The van der Waals surface area contributed by atoms with Gasteiger partial charge in [-0.05, 0) is 30.5 Å². The Morgan fingerprint density at radius 2 is 1.76 bits per heavy atom. The second kappa shape index (κ2) is 8.83. The van der Waals surface area contributed by atoms with Crippen molar-refractivity contribution in [2.24, 2.45) is 0 Å². The number of carbonyl (C=O) groups excluding carboxylic acids is 1. The summed E-state index contributed by atoms with van der Waals surface area (Å²) in [5, 5.41) is 11.3. The van der Waals surface area contributed by atoms with Crippen molar-refractivity contribution in [3.63, 3.8) is 0 Å². The van der Waals surface area contributed by atoms with Gasteiger partial charge in [0.15, 0.2) is 9.84 Å². The number of nitro groups is 1. The molecular formula is C19H21N3O5S2. The van der Waals surface area contributed by atoms with Crippen molar-refractivity contribution in [3.8, 4) is 0 Å². The van der Waals surface area contributed by atoms with Crippen LogP contribution in [0.15, 0.2) is 58.3 Å². The lowest BCUT2D eigenvalue weighted by atomic mass is 10.2. The summed E-state index contributed by atoms with van der Waals surface area (Å²) < 4.78 is 25.5. The number of benzene rings is 2. The molecule has 10 heteroatoms. The molecule has 0 radical (unpaired) electrons. The molecule has 1 amide bonds. The Morgan fingerprint density at radius 1 is 1.10 bits per heavy atom. The Morgan fingerprint density at radius 3 is 2.34 bits per heavy atom. The Labute approximate surface area is 173 Å². The molecule has 1 fully saturated rings. The van der Waals surface area contributed by atoms with Crippen LogP contribution in [0, 0.1) is 10.1 Å². The molecule has 3 rings (SSSR count). The zero-order valence-corrected chi connectivity index (χ0v) is 17.5. The molecule has 1 heterocycles. The van der Waals surface area contributed by atoms with Gasteiger partial charge in [-0.2, -0.15) is 0 Å². The van der Waals surface area contributed by atoms with Crippen LogP contribution in [-0.4, -0.2) is 62.3 Å². The van der Waals surface area contributed by atoms with Gasteiger partial charge in [0, 0.05) is 42.8 Å². The summed E-state index contributed by atoms with van der Waals surface area (Å²) in [6, 6.07) is 13.7. The van der Waals surface area contributed by atoms with Crippen LogP contribution < -0.4 is 4.90 Å².